The van der Waals surface area contributed by atoms with Gasteiger partial charge in [-0.1, -0.05) is 30.7 Å². The van der Waals surface area contributed by atoms with Gasteiger partial charge in [-0.05, 0) is 62.6 Å². The highest BCUT2D eigenvalue weighted by molar-refractivity contribution is 6.30. The third-order valence-electron chi connectivity index (χ3n) is 6.74. The van der Waals surface area contributed by atoms with E-state index in [1.165, 1.54) is 7.11 Å². The molecule has 6 nitrogen and oxygen atoms in total. The van der Waals surface area contributed by atoms with E-state index in [0.29, 0.717) is 28.3 Å². The van der Waals surface area contributed by atoms with Gasteiger partial charge in [0.25, 0.3) is 0 Å². The smallest absolute Gasteiger partial charge is 0.337 e. The summed E-state index contributed by atoms with van der Waals surface area (Å²) in [5, 5.41) is 3.84. The number of methoxy groups -OCH3 is 1. The Labute approximate surface area is 193 Å². The van der Waals surface area contributed by atoms with E-state index in [-0.39, 0.29) is 17.8 Å². The number of carbonyl (C=O) groups is 3. The lowest BCUT2D eigenvalue weighted by Gasteiger charge is -2.38. The maximum absolute atomic E-state index is 13.6. The standard InChI is InChI=1S/C25H28ClNO5/c1-13-12-18-22(23(28)19(13)24(29)31-3)21(15-8-10-16(26)11-9-15)20(14(2)27-18)25(30)32-17-6-4-5-7-17/h8-11,13,17,19,21,27H,4-7,12H2,1-3H3/t13-,19+,21+/m1/s1. The van der Waals surface area contributed by atoms with Crippen molar-refractivity contribution < 1.29 is 23.9 Å². The van der Waals surface area contributed by atoms with E-state index in [2.05, 4.69) is 5.32 Å². The molecular weight excluding hydrogens is 430 g/mol. The number of hydrogen-bond acceptors (Lipinski definition) is 6. The molecule has 3 atom stereocenters. The molecule has 0 amide bonds. The van der Waals surface area contributed by atoms with Crippen LogP contribution in [-0.4, -0.2) is 30.9 Å². The molecule has 0 radical (unpaired) electrons. The number of ketones is 1. The lowest BCUT2D eigenvalue weighted by atomic mass is 9.69. The molecule has 1 saturated carbocycles. The molecule has 3 aliphatic rings. The molecule has 1 aromatic carbocycles. The molecule has 2 aliphatic carbocycles. The van der Waals surface area contributed by atoms with Crippen LogP contribution in [-0.2, 0) is 23.9 Å². The molecule has 1 fully saturated rings. The summed E-state index contributed by atoms with van der Waals surface area (Å²) in [6.45, 7) is 3.70. The van der Waals surface area contributed by atoms with Crippen molar-refractivity contribution in [3.05, 3.63) is 57.4 Å². The van der Waals surface area contributed by atoms with Gasteiger partial charge in [0.15, 0.2) is 5.78 Å². The van der Waals surface area contributed by atoms with E-state index < -0.39 is 23.8 Å². The van der Waals surface area contributed by atoms with Gasteiger partial charge in [-0.2, -0.15) is 0 Å². The van der Waals surface area contributed by atoms with Crippen LogP contribution in [0, 0.1) is 11.8 Å². The number of nitrogens with one attached hydrogen (secondary N) is 1. The summed E-state index contributed by atoms with van der Waals surface area (Å²) in [5.41, 5.74) is 3.02. The van der Waals surface area contributed by atoms with Crippen molar-refractivity contribution in [2.75, 3.05) is 7.11 Å². The minimum absolute atomic E-state index is 0.103. The highest BCUT2D eigenvalue weighted by Crippen LogP contribution is 2.45. The average Bonchev–Trinajstić information content (AvgIpc) is 3.26. The molecule has 170 valence electrons. The molecular formula is C25H28ClNO5. The summed E-state index contributed by atoms with van der Waals surface area (Å²) in [5.74, 6) is -3.03. The SMILES string of the molecule is COC(=O)[C@@H]1C(=O)C2=C(C[C@H]1C)NC(C)=C(C(=O)OC1CCCC1)[C@@H]2c1ccc(Cl)cc1. The van der Waals surface area contributed by atoms with Crippen LogP contribution in [0.5, 0.6) is 0 Å². The van der Waals surface area contributed by atoms with Gasteiger partial charge in [-0.15, -0.1) is 0 Å². The van der Waals surface area contributed by atoms with Crippen LogP contribution in [0.25, 0.3) is 0 Å². The number of benzene rings is 1. The van der Waals surface area contributed by atoms with Gasteiger partial charge in [0.1, 0.15) is 12.0 Å². The number of carbonyl (C=O) groups excluding carboxylic acids is 3. The normalized spacial score (nSPS) is 26.0. The fraction of sp³-hybridized carbons (Fsp3) is 0.480. The summed E-state index contributed by atoms with van der Waals surface area (Å²) in [6.07, 6.45) is 4.20. The first kappa shape index (κ1) is 22.6. The van der Waals surface area contributed by atoms with Crippen LogP contribution in [0.15, 0.2) is 46.8 Å². The number of dihydropyridines is 1. The average molecular weight is 458 g/mol. The number of ether oxygens (including phenoxy) is 2. The van der Waals surface area contributed by atoms with E-state index in [4.69, 9.17) is 21.1 Å². The van der Waals surface area contributed by atoms with E-state index in [1.807, 2.05) is 26.0 Å². The third-order valence-corrected chi connectivity index (χ3v) is 6.99. The number of hydrogen-bond donors (Lipinski definition) is 1. The lowest BCUT2D eigenvalue weighted by molar-refractivity contribution is -0.151. The van der Waals surface area contributed by atoms with Gasteiger partial charge < -0.3 is 14.8 Å². The predicted octanol–water partition coefficient (Wildman–Crippen LogP) is 4.44. The zero-order chi connectivity index (χ0) is 23.0. The second kappa shape index (κ2) is 9.10. The third kappa shape index (κ3) is 4.08. The first-order chi connectivity index (χ1) is 15.3. The fourth-order valence-corrected chi connectivity index (χ4v) is 5.29. The highest BCUT2D eigenvalue weighted by atomic mass is 35.5. The maximum atomic E-state index is 13.6. The molecule has 32 heavy (non-hydrogen) atoms. The van der Waals surface area contributed by atoms with Crippen LogP contribution >= 0.6 is 11.6 Å². The Kier molecular flexibility index (Phi) is 6.42. The molecule has 7 heteroatoms. The molecule has 0 spiro atoms. The second-order valence-electron chi connectivity index (χ2n) is 8.90. The summed E-state index contributed by atoms with van der Waals surface area (Å²) >= 11 is 6.10. The maximum Gasteiger partial charge on any atom is 0.337 e. The molecule has 0 saturated heterocycles. The largest absolute Gasteiger partial charge is 0.468 e. The Balaban J connectivity index is 1.79. The van der Waals surface area contributed by atoms with Gasteiger partial charge in [0.2, 0.25) is 0 Å². The monoisotopic (exact) mass is 457 g/mol. The van der Waals surface area contributed by atoms with Crippen LogP contribution in [0.3, 0.4) is 0 Å². The number of halogens is 1. The number of rotatable bonds is 4. The summed E-state index contributed by atoms with van der Waals surface area (Å²) < 4.78 is 10.8. The van der Waals surface area contributed by atoms with E-state index >= 15 is 0 Å². The van der Waals surface area contributed by atoms with E-state index in [9.17, 15) is 14.4 Å². The molecule has 1 aliphatic heterocycles. The molecule has 4 rings (SSSR count). The fourth-order valence-electron chi connectivity index (χ4n) is 5.16. The highest BCUT2D eigenvalue weighted by Gasteiger charge is 2.47. The van der Waals surface area contributed by atoms with Crippen LogP contribution in [0.2, 0.25) is 5.02 Å². The first-order valence-corrected chi connectivity index (χ1v) is 11.5. The molecule has 1 aromatic rings. The zero-order valence-electron chi connectivity index (χ0n) is 18.6. The Hall–Kier alpha value is -2.60. The Bertz CT molecular complexity index is 1000. The van der Waals surface area contributed by atoms with Gasteiger partial charge in [0.05, 0.1) is 12.7 Å². The van der Waals surface area contributed by atoms with Crippen LogP contribution in [0.4, 0.5) is 0 Å². The van der Waals surface area contributed by atoms with Gasteiger partial charge in [0, 0.05) is 27.9 Å². The first-order valence-electron chi connectivity index (χ1n) is 11.1. The molecule has 0 bridgehead atoms. The van der Waals surface area contributed by atoms with Crippen molar-refractivity contribution in [3.63, 3.8) is 0 Å². The van der Waals surface area contributed by atoms with E-state index in [1.54, 1.807) is 12.1 Å². The molecule has 1 heterocycles. The van der Waals surface area contributed by atoms with Crippen LogP contribution < -0.4 is 5.32 Å². The van der Waals surface area contributed by atoms with Crippen LogP contribution in [0.1, 0.15) is 57.4 Å². The second-order valence-corrected chi connectivity index (χ2v) is 9.34. The molecule has 0 aromatic heterocycles. The minimum atomic E-state index is -0.902. The number of allylic oxidation sites excluding steroid dienone is 3. The lowest BCUT2D eigenvalue weighted by Crippen LogP contribution is -2.43. The van der Waals surface area contributed by atoms with Crippen molar-refractivity contribution in [2.24, 2.45) is 11.8 Å². The Morgan fingerprint density at radius 1 is 1.12 bits per heavy atom. The minimum Gasteiger partial charge on any atom is -0.468 e. The Morgan fingerprint density at radius 2 is 1.78 bits per heavy atom. The van der Waals surface area contributed by atoms with Gasteiger partial charge in [-0.25, -0.2) is 4.79 Å². The van der Waals surface area contributed by atoms with Gasteiger partial charge >= 0.3 is 11.9 Å². The van der Waals surface area contributed by atoms with Crippen molar-refractivity contribution in [1.29, 1.82) is 0 Å². The van der Waals surface area contributed by atoms with Gasteiger partial charge in [-0.3, -0.25) is 9.59 Å². The molecule has 0 unspecified atom stereocenters. The quantitative estimate of drug-likeness (QED) is 0.531. The van der Waals surface area contributed by atoms with Crippen molar-refractivity contribution in [1.82, 2.24) is 5.32 Å². The predicted molar refractivity (Wildman–Crippen MR) is 120 cm³/mol. The van der Waals surface area contributed by atoms with Crippen molar-refractivity contribution >= 4 is 29.3 Å². The summed E-state index contributed by atoms with van der Waals surface area (Å²) in [6, 6.07) is 7.11. The van der Waals surface area contributed by atoms with Crippen molar-refractivity contribution in [3.8, 4) is 0 Å². The number of esters is 2. The molecule has 1 N–H and O–H groups in total. The topological polar surface area (TPSA) is 81.7 Å². The van der Waals surface area contributed by atoms with E-state index in [0.717, 1.165) is 36.9 Å². The Morgan fingerprint density at radius 3 is 2.41 bits per heavy atom. The zero-order valence-corrected chi connectivity index (χ0v) is 19.3. The summed E-state index contributed by atoms with van der Waals surface area (Å²) in [7, 11) is 1.29. The summed E-state index contributed by atoms with van der Waals surface area (Å²) in [4.78, 5) is 39.5. The number of Topliss-reactive ketones (excluding diaryl/α,β-unsaturated/α-hetero) is 1. The van der Waals surface area contributed by atoms with Crippen molar-refractivity contribution in [2.45, 2.75) is 58.0 Å².